The lowest BCUT2D eigenvalue weighted by Gasteiger charge is -2.09. The van der Waals surface area contributed by atoms with E-state index in [4.69, 9.17) is 15.2 Å². The maximum absolute atomic E-state index is 11.8. The van der Waals surface area contributed by atoms with E-state index in [1.54, 1.807) is 12.1 Å². The molecule has 7 heteroatoms. The van der Waals surface area contributed by atoms with Gasteiger partial charge >= 0.3 is 5.97 Å². The molecule has 0 amide bonds. The Bertz CT molecular complexity index is 778. The van der Waals surface area contributed by atoms with Crippen LogP contribution in [0.4, 0.5) is 5.69 Å². The molecule has 2 aromatic rings. The fourth-order valence-electron chi connectivity index (χ4n) is 2.36. The van der Waals surface area contributed by atoms with E-state index >= 15 is 0 Å². The Morgan fingerprint density at radius 1 is 1.15 bits per heavy atom. The van der Waals surface area contributed by atoms with Crippen LogP contribution < -0.4 is 15.8 Å². The Labute approximate surface area is 170 Å². The number of benzene rings is 2. The quantitative estimate of drug-likeness (QED) is 0.292. The minimum atomic E-state index is -0.454. The second kappa shape index (κ2) is 10.6. The van der Waals surface area contributed by atoms with Gasteiger partial charge in [-0.25, -0.2) is 9.79 Å². The molecule has 0 saturated carbocycles. The van der Waals surface area contributed by atoms with Gasteiger partial charge in [0.25, 0.3) is 0 Å². The molecule has 0 atom stereocenters. The summed E-state index contributed by atoms with van der Waals surface area (Å²) in [6, 6.07) is 13.2. The first-order valence-electron chi connectivity index (χ1n) is 7.98. The molecule has 0 bridgehead atoms. The number of carbonyl (C=O) groups is 1. The molecule has 0 heterocycles. The predicted molar refractivity (Wildman–Crippen MR) is 115 cm³/mol. The monoisotopic (exact) mass is 469 g/mol. The van der Waals surface area contributed by atoms with Crippen molar-refractivity contribution in [1.82, 2.24) is 0 Å². The molecule has 0 saturated heterocycles. The number of nitrogens with zero attached hydrogens (tertiary/aromatic N) is 1. The SMILES string of the molecule is CCc1cccc(NC(N)=NCc2ccc(OC)c(C(=O)OC)c2)c1.I. The van der Waals surface area contributed by atoms with Crippen LogP contribution in [0.3, 0.4) is 0 Å². The zero-order chi connectivity index (χ0) is 18.2. The highest BCUT2D eigenvalue weighted by Gasteiger charge is 2.13. The number of nitrogens with one attached hydrogen (secondary N) is 1. The Kier molecular flexibility index (Phi) is 8.91. The normalized spacial score (nSPS) is 10.7. The average Bonchev–Trinajstić information content (AvgIpc) is 2.65. The second-order valence-corrected chi connectivity index (χ2v) is 5.41. The van der Waals surface area contributed by atoms with Crippen LogP contribution in [-0.2, 0) is 17.7 Å². The van der Waals surface area contributed by atoms with E-state index in [1.165, 1.54) is 19.8 Å². The minimum Gasteiger partial charge on any atom is -0.496 e. The van der Waals surface area contributed by atoms with Crippen molar-refractivity contribution in [3.63, 3.8) is 0 Å². The summed E-state index contributed by atoms with van der Waals surface area (Å²) in [5.41, 5.74) is 9.25. The Balaban J connectivity index is 0.00000338. The highest BCUT2D eigenvalue weighted by molar-refractivity contribution is 14.0. The van der Waals surface area contributed by atoms with Crippen LogP contribution >= 0.6 is 24.0 Å². The van der Waals surface area contributed by atoms with Crippen LogP contribution in [0.25, 0.3) is 0 Å². The van der Waals surface area contributed by atoms with Gasteiger partial charge in [-0.15, -0.1) is 24.0 Å². The number of guanidine groups is 1. The van der Waals surface area contributed by atoms with Gasteiger partial charge in [0.15, 0.2) is 5.96 Å². The number of hydrogen-bond donors (Lipinski definition) is 2. The first-order valence-corrected chi connectivity index (χ1v) is 7.98. The number of hydrogen-bond acceptors (Lipinski definition) is 4. The van der Waals surface area contributed by atoms with Crippen LogP contribution in [0.1, 0.15) is 28.4 Å². The Morgan fingerprint density at radius 3 is 2.58 bits per heavy atom. The second-order valence-electron chi connectivity index (χ2n) is 5.41. The van der Waals surface area contributed by atoms with Gasteiger partial charge in [-0.05, 0) is 41.8 Å². The summed E-state index contributed by atoms with van der Waals surface area (Å²) in [5.74, 6) is 0.316. The number of rotatable bonds is 6. The Morgan fingerprint density at radius 2 is 1.92 bits per heavy atom. The van der Waals surface area contributed by atoms with Crippen molar-refractivity contribution in [2.75, 3.05) is 19.5 Å². The molecular weight excluding hydrogens is 445 g/mol. The summed E-state index contributed by atoms with van der Waals surface area (Å²) in [4.78, 5) is 16.1. The topological polar surface area (TPSA) is 85.9 Å². The fourth-order valence-corrected chi connectivity index (χ4v) is 2.36. The molecule has 0 aliphatic heterocycles. The maximum Gasteiger partial charge on any atom is 0.341 e. The molecule has 0 radical (unpaired) electrons. The molecular formula is C19H24IN3O3. The zero-order valence-corrected chi connectivity index (χ0v) is 17.4. The van der Waals surface area contributed by atoms with E-state index in [9.17, 15) is 4.79 Å². The largest absolute Gasteiger partial charge is 0.496 e. The van der Waals surface area contributed by atoms with Crippen LogP contribution in [0.2, 0.25) is 0 Å². The maximum atomic E-state index is 11.8. The first kappa shape index (κ1) is 21.8. The highest BCUT2D eigenvalue weighted by atomic mass is 127. The van der Waals surface area contributed by atoms with E-state index in [2.05, 4.69) is 23.3 Å². The average molecular weight is 469 g/mol. The van der Waals surface area contributed by atoms with Crippen molar-refractivity contribution in [1.29, 1.82) is 0 Å². The third-order valence-electron chi connectivity index (χ3n) is 3.71. The molecule has 140 valence electrons. The number of ether oxygens (including phenoxy) is 2. The zero-order valence-electron chi connectivity index (χ0n) is 15.1. The molecule has 2 aromatic carbocycles. The van der Waals surface area contributed by atoms with Crippen LogP contribution in [-0.4, -0.2) is 26.1 Å². The molecule has 0 unspecified atom stereocenters. The number of anilines is 1. The molecule has 3 N–H and O–H groups in total. The smallest absolute Gasteiger partial charge is 0.341 e. The number of halogens is 1. The van der Waals surface area contributed by atoms with Crippen molar-refractivity contribution in [3.8, 4) is 5.75 Å². The molecule has 6 nitrogen and oxygen atoms in total. The van der Waals surface area contributed by atoms with Gasteiger partial charge in [-0.3, -0.25) is 0 Å². The summed E-state index contributed by atoms with van der Waals surface area (Å²) in [7, 11) is 2.84. The third kappa shape index (κ3) is 5.91. The Hall–Kier alpha value is -2.29. The van der Waals surface area contributed by atoms with Gasteiger partial charge in [-0.2, -0.15) is 0 Å². The number of esters is 1. The summed E-state index contributed by atoms with van der Waals surface area (Å²) in [6.45, 7) is 2.43. The number of aliphatic imine (C=N–C) groups is 1. The molecule has 0 aromatic heterocycles. The summed E-state index contributed by atoms with van der Waals surface area (Å²) in [5, 5.41) is 3.07. The molecule has 2 rings (SSSR count). The summed E-state index contributed by atoms with van der Waals surface area (Å²) in [6.07, 6.45) is 0.953. The number of carbonyl (C=O) groups excluding carboxylic acids is 1. The van der Waals surface area contributed by atoms with Gasteiger partial charge < -0.3 is 20.5 Å². The highest BCUT2D eigenvalue weighted by Crippen LogP contribution is 2.21. The molecule has 0 fully saturated rings. The minimum absolute atomic E-state index is 0. The third-order valence-corrected chi connectivity index (χ3v) is 3.71. The van der Waals surface area contributed by atoms with Gasteiger partial charge in [0.05, 0.1) is 20.8 Å². The van der Waals surface area contributed by atoms with Crippen molar-refractivity contribution in [2.24, 2.45) is 10.7 Å². The van der Waals surface area contributed by atoms with Crippen molar-refractivity contribution in [2.45, 2.75) is 19.9 Å². The van der Waals surface area contributed by atoms with Gasteiger partial charge in [-0.1, -0.05) is 25.1 Å². The lowest BCUT2D eigenvalue weighted by atomic mass is 10.1. The summed E-state index contributed by atoms with van der Waals surface area (Å²) < 4.78 is 9.94. The first-order chi connectivity index (χ1) is 12.1. The van der Waals surface area contributed by atoms with E-state index in [0.717, 1.165) is 17.7 Å². The lowest BCUT2D eigenvalue weighted by molar-refractivity contribution is 0.0597. The predicted octanol–water partition coefficient (Wildman–Crippen LogP) is 3.59. The van der Waals surface area contributed by atoms with E-state index in [1.807, 2.05) is 24.3 Å². The standard InChI is InChI=1S/C19H23N3O3.HI/c1-4-13-6-5-7-15(10-13)22-19(20)21-12-14-8-9-17(24-2)16(11-14)18(23)25-3;/h5-11H,4,12H2,1-3H3,(H3,20,21,22);1H. The van der Waals surface area contributed by atoms with Gasteiger partial charge in [0, 0.05) is 5.69 Å². The van der Waals surface area contributed by atoms with Gasteiger partial charge in [0.1, 0.15) is 11.3 Å². The van der Waals surface area contributed by atoms with Gasteiger partial charge in [0.2, 0.25) is 0 Å². The van der Waals surface area contributed by atoms with E-state index in [0.29, 0.717) is 23.8 Å². The van der Waals surface area contributed by atoms with Crippen molar-refractivity contribution < 1.29 is 14.3 Å². The lowest BCUT2D eigenvalue weighted by Crippen LogP contribution is -2.22. The van der Waals surface area contributed by atoms with Crippen molar-refractivity contribution in [3.05, 3.63) is 59.2 Å². The number of aryl methyl sites for hydroxylation is 1. The fraction of sp³-hybridized carbons (Fsp3) is 0.263. The summed E-state index contributed by atoms with van der Waals surface area (Å²) >= 11 is 0. The van der Waals surface area contributed by atoms with E-state index < -0.39 is 5.97 Å². The molecule has 0 aliphatic carbocycles. The van der Waals surface area contributed by atoms with Crippen LogP contribution in [0.5, 0.6) is 5.75 Å². The number of nitrogens with two attached hydrogens (primary N) is 1. The molecule has 26 heavy (non-hydrogen) atoms. The molecule has 0 spiro atoms. The van der Waals surface area contributed by atoms with Crippen LogP contribution in [0.15, 0.2) is 47.5 Å². The molecule has 0 aliphatic rings. The number of methoxy groups -OCH3 is 2. The van der Waals surface area contributed by atoms with Crippen LogP contribution in [0, 0.1) is 0 Å². The van der Waals surface area contributed by atoms with Crippen molar-refractivity contribution >= 4 is 41.6 Å². The van der Waals surface area contributed by atoms with E-state index in [-0.39, 0.29) is 24.0 Å².